The third-order valence-corrected chi connectivity index (χ3v) is 5.23. The number of amides is 1. The quantitative estimate of drug-likeness (QED) is 0.247. The Bertz CT molecular complexity index is 1160. The van der Waals surface area contributed by atoms with Gasteiger partial charge in [0.25, 0.3) is 0 Å². The third-order valence-electron chi connectivity index (χ3n) is 5.14. The van der Waals surface area contributed by atoms with Crippen LogP contribution in [0.3, 0.4) is 0 Å². The molecule has 152 valence electrons. The van der Waals surface area contributed by atoms with Crippen molar-refractivity contribution in [3.63, 3.8) is 0 Å². The van der Waals surface area contributed by atoms with Crippen LogP contribution in [0.25, 0.3) is 11.1 Å². The van der Waals surface area contributed by atoms with Crippen molar-refractivity contribution in [3.8, 4) is 23.0 Å². The van der Waals surface area contributed by atoms with Gasteiger partial charge in [-0.3, -0.25) is 0 Å². The molecule has 0 bridgehead atoms. The molecule has 0 aliphatic heterocycles. The van der Waals surface area contributed by atoms with E-state index in [0.29, 0.717) is 19.6 Å². The average molecular weight is 425 g/mol. The molecule has 1 aliphatic carbocycles. The molecule has 0 spiro atoms. The summed E-state index contributed by atoms with van der Waals surface area (Å²) in [5.74, 6) is 6.16. The van der Waals surface area contributed by atoms with Gasteiger partial charge in [0.05, 0.1) is 10.8 Å². The predicted molar refractivity (Wildman–Crippen MR) is 126 cm³/mol. The molecule has 3 aromatic carbocycles. The van der Waals surface area contributed by atoms with Crippen LogP contribution in [0.1, 0.15) is 29.0 Å². The van der Waals surface area contributed by atoms with Gasteiger partial charge in [0.1, 0.15) is 6.61 Å². The van der Waals surface area contributed by atoms with Gasteiger partial charge in [0, 0.05) is 24.4 Å². The highest BCUT2D eigenvalue weighted by molar-refractivity contribution is 7.78. The van der Waals surface area contributed by atoms with E-state index in [4.69, 9.17) is 4.74 Å². The molecule has 5 heteroatoms. The van der Waals surface area contributed by atoms with Crippen LogP contribution in [0.15, 0.2) is 77.8 Å². The van der Waals surface area contributed by atoms with Crippen molar-refractivity contribution in [1.82, 2.24) is 5.32 Å². The minimum atomic E-state index is -0.425. The molecule has 0 aromatic heterocycles. The lowest BCUT2D eigenvalue weighted by atomic mass is 9.98. The zero-order valence-electron chi connectivity index (χ0n) is 16.8. The average Bonchev–Trinajstić information content (AvgIpc) is 3.12. The highest BCUT2D eigenvalue weighted by Crippen LogP contribution is 2.44. The fraction of sp³-hybridized carbons (Fsp3) is 0.154. The Morgan fingerprint density at radius 1 is 0.968 bits per heavy atom. The number of alkyl carbamates (subject to hydrolysis) is 1. The number of fused-ring (bicyclic) bond motifs is 3. The highest BCUT2D eigenvalue weighted by Gasteiger charge is 2.28. The van der Waals surface area contributed by atoms with E-state index in [0.717, 1.165) is 11.3 Å². The maximum absolute atomic E-state index is 12.1. The molecule has 0 fully saturated rings. The van der Waals surface area contributed by atoms with Crippen molar-refractivity contribution < 1.29 is 9.53 Å². The zero-order valence-corrected chi connectivity index (χ0v) is 17.6. The molecule has 1 aliphatic rings. The number of hydrogen-bond donors (Lipinski definition) is 1. The van der Waals surface area contributed by atoms with E-state index in [1.807, 2.05) is 48.5 Å². The van der Waals surface area contributed by atoms with Gasteiger partial charge in [-0.15, -0.1) is 0 Å². The van der Waals surface area contributed by atoms with Gasteiger partial charge in [0.15, 0.2) is 0 Å². The number of benzene rings is 3. The van der Waals surface area contributed by atoms with Crippen molar-refractivity contribution >= 4 is 29.2 Å². The van der Waals surface area contributed by atoms with E-state index in [1.165, 1.54) is 22.3 Å². The van der Waals surface area contributed by atoms with E-state index < -0.39 is 6.09 Å². The van der Waals surface area contributed by atoms with E-state index >= 15 is 0 Å². The maximum Gasteiger partial charge on any atom is 0.407 e. The standard InChI is InChI=1S/C26H20N2O2S/c29-26(27-16-6-5-7-19-12-14-20(15-13-19)28-18-31)30-17-25-23-10-3-1-8-21(23)22-9-2-4-11-24(22)25/h1-4,8-15,25H,6,16-17H2,(H,27,29). The predicted octanol–water partition coefficient (Wildman–Crippen LogP) is 5.70. The summed E-state index contributed by atoms with van der Waals surface area (Å²) >= 11 is 4.58. The van der Waals surface area contributed by atoms with Crippen molar-refractivity contribution in [1.29, 1.82) is 0 Å². The molecule has 0 saturated carbocycles. The molecular weight excluding hydrogens is 404 g/mol. The molecule has 4 nitrogen and oxygen atoms in total. The van der Waals surface area contributed by atoms with Gasteiger partial charge < -0.3 is 10.1 Å². The first-order valence-corrected chi connectivity index (χ1v) is 10.4. The molecular formula is C26H20N2O2S. The largest absolute Gasteiger partial charge is 0.449 e. The van der Waals surface area contributed by atoms with Crippen molar-refractivity contribution in [2.45, 2.75) is 12.3 Å². The Kier molecular flexibility index (Phi) is 6.54. The van der Waals surface area contributed by atoms with Crippen LogP contribution in [-0.2, 0) is 4.74 Å². The fourth-order valence-electron chi connectivity index (χ4n) is 3.71. The van der Waals surface area contributed by atoms with Gasteiger partial charge in [-0.05, 0) is 58.7 Å². The van der Waals surface area contributed by atoms with Crippen LogP contribution in [0.5, 0.6) is 0 Å². The van der Waals surface area contributed by atoms with Crippen molar-refractivity contribution in [3.05, 3.63) is 89.5 Å². The second-order valence-electron chi connectivity index (χ2n) is 7.05. The lowest BCUT2D eigenvalue weighted by Gasteiger charge is -2.14. The summed E-state index contributed by atoms with van der Waals surface area (Å²) in [7, 11) is 0. The van der Waals surface area contributed by atoms with Gasteiger partial charge in [-0.1, -0.05) is 60.4 Å². The number of carbonyl (C=O) groups excluding carboxylic acids is 1. The van der Waals surface area contributed by atoms with Crippen LogP contribution in [0.4, 0.5) is 10.5 Å². The summed E-state index contributed by atoms with van der Waals surface area (Å²) in [5.41, 5.74) is 6.45. The van der Waals surface area contributed by atoms with Gasteiger partial charge in [-0.2, -0.15) is 4.99 Å². The molecule has 1 amide bonds. The first-order valence-electron chi connectivity index (χ1n) is 10.0. The Morgan fingerprint density at radius 2 is 1.61 bits per heavy atom. The Hall–Kier alpha value is -3.71. The number of hydrogen-bond acceptors (Lipinski definition) is 4. The smallest absolute Gasteiger partial charge is 0.407 e. The molecule has 0 heterocycles. The first-order chi connectivity index (χ1) is 15.3. The van der Waals surface area contributed by atoms with E-state index in [9.17, 15) is 4.79 Å². The van der Waals surface area contributed by atoms with Crippen molar-refractivity contribution in [2.75, 3.05) is 13.2 Å². The van der Waals surface area contributed by atoms with Crippen LogP contribution in [-0.4, -0.2) is 24.4 Å². The molecule has 4 rings (SSSR count). The van der Waals surface area contributed by atoms with E-state index in [1.54, 1.807) is 0 Å². The number of carbonyl (C=O) groups is 1. The zero-order chi connectivity index (χ0) is 21.5. The molecule has 3 aromatic rings. The summed E-state index contributed by atoms with van der Waals surface area (Å²) < 4.78 is 5.52. The number of rotatable bonds is 5. The monoisotopic (exact) mass is 424 g/mol. The highest BCUT2D eigenvalue weighted by atomic mass is 32.1. The van der Waals surface area contributed by atoms with Gasteiger partial charge in [0.2, 0.25) is 0 Å². The molecule has 0 radical (unpaired) electrons. The lowest BCUT2D eigenvalue weighted by Crippen LogP contribution is -2.26. The summed E-state index contributed by atoms with van der Waals surface area (Å²) in [6, 6.07) is 24.0. The Morgan fingerprint density at radius 3 is 2.26 bits per heavy atom. The van der Waals surface area contributed by atoms with Crippen LogP contribution >= 0.6 is 12.2 Å². The van der Waals surface area contributed by atoms with E-state index in [2.05, 4.69) is 63.8 Å². The van der Waals surface area contributed by atoms with Gasteiger partial charge in [-0.25, -0.2) is 4.79 Å². The topological polar surface area (TPSA) is 50.7 Å². The molecule has 1 N–H and O–H groups in total. The lowest BCUT2D eigenvalue weighted by molar-refractivity contribution is 0.143. The molecule has 31 heavy (non-hydrogen) atoms. The van der Waals surface area contributed by atoms with Crippen molar-refractivity contribution in [2.24, 2.45) is 4.99 Å². The third kappa shape index (κ3) is 4.90. The summed E-state index contributed by atoms with van der Waals surface area (Å²) in [4.78, 5) is 16.1. The normalized spacial score (nSPS) is 11.4. The number of ether oxygens (including phenoxy) is 1. The number of aliphatic imine (C=N–C) groups is 1. The second kappa shape index (κ2) is 9.86. The van der Waals surface area contributed by atoms with Crippen LogP contribution in [0.2, 0.25) is 0 Å². The summed E-state index contributed by atoms with van der Waals surface area (Å²) in [5, 5.41) is 5.10. The fourth-order valence-corrected chi connectivity index (χ4v) is 3.82. The number of nitrogens with one attached hydrogen (secondary N) is 1. The summed E-state index contributed by atoms with van der Waals surface area (Å²) in [6.07, 6.45) is 0.107. The Balaban J connectivity index is 1.27. The van der Waals surface area contributed by atoms with Gasteiger partial charge >= 0.3 is 6.09 Å². The minimum absolute atomic E-state index is 0.0588. The number of thiocarbonyl (C=S) groups is 1. The van der Waals surface area contributed by atoms with Crippen LogP contribution in [0, 0.1) is 11.8 Å². The SMILES string of the molecule is O=C(NCCC#Cc1ccc(N=C=S)cc1)OCC1c2ccccc2-c2ccccc21. The maximum atomic E-state index is 12.1. The number of nitrogens with zero attached hydrogens (tertiary/aromatic N) is 1. The summed E-state index contributed by atoms with van der Waals surface area (Å²) in [6.45, 7) is 0.735. The Labute approximate surface area is 187 Å². The minimum Gasteiger partial charge on any atom is -0.449 e. The first kappa shape index (κ1) is 20.6. The molecule has 0 atom stereocenters. The van der Waals surface area contributed by atoms with E-state index in [-0.39, 0.29) is 5.92 Å². The molecule has 0 saturated heterocycles. The second-order valence-corrected chi connectivity index (χ2v) is 7.24. The van der Waals surface area contributed by atoms with Crippen LogP contribution < -0.4 is 5.32 Å². The molecule has 0 unspecified atom stereocenters. The number of isothiocyanates is 1.